The highest BCUT2D eigenvalue weighted by molar-refractivity contribution is 6.55. The van der Waals surface area contributed by atoms with E-state index in [9.17, 15) is 19.2 Å². The van der Waals surface area contributed by atoms with Crippen molar-refractivity contribution >= 4 is 23.5 Å². The van der Waals surface area contributed by atoms with Gasteiger partial charge in [0.25, 0.3) is 0 Å². The van der Waals surface area contributed by atoms with E-state index < -0.39 is 34.7 Å². The van der Waals surface area contributed by atoms with Crippen molar-refractivity contribution in [2.45, 2.75) is 6.92 Å². The molecule has 0 atom stereocenters. The first kappa shape index (κ1) is 10.8. The normalized spacial score (nSPS) is 16.5. The lowest BCUT2D eigenvalue weighted by molar-refractivity contribution is -0.138. The molecule has 15 heavy (non-hydrogen) atoms. The number of carboxylic acids is 2. The third-order valence-corrected chi connectivity index (χ3v) is 1.94. The number of allylic oxidation sites excluding steroid dienone is 1. The van der Waals surface area contributed by atoms with Crippen molar-refractivity contribution in [1.29, 1.82) is 0 Å². The van der Waals surface area contributed by atoms with Crippen LogP contribution in [0.25, 0.3) is 0 Å². The smallest absolute Gasteiger partial charge is 0.339 e. The third-order valence-electron chi connectivity index (χ3n) is 1.94. The Morgan fingerprint density at radius 3 is 2.00 bits per heavy atom. The van der Waals surface area contributed by atoms with Crippen LogP contribution >= 0.6 is 0 Å². The van der Waals surface area contributed by atoms with Crippen molar-refractivity contribution < 1.29 is 29.4 Å². The highest BCUT2D eigenvalue weighted by Crippen LogP contribution is 2.18. The van der Waals surface area contributed by atoms with Gasteiger partial charge in [-0.25, -0.2) is 9.59 Å². The Kier molecular flexibility index (Phi) is 2.52. The lowest BCUT2D eigenvalue weighted by Crippen LogP contribution is -2.28. The topological polar surface area (TPSA) is 109 Å². The molecular weight excluding hydrogens is 204 g/mol. The van der Waals surface area contributed by atoms with Crippen molar-refractivity contribution in [1.82, 2.24) is 0 Å². The van der Waals surface area contributed by atoms with Crippen molar-refractivity contribution in [3.8, 4) is 0 Å². The Morgan fingerprint density at radius 2 is 1.60 bits per heavy atom. The standard InChI is InChI=1S/C9H6O6/c1-3-4(8(12)13)2-5(9(14)15)7(11)6(3)10/h2H,1H3,(H,12,13)(H,14,15). The molecule has 6 heteroatoms. The van der Waals surface area contributed by atoms with Crippen molar-refractivity contribution in [2.75, 3.05) is 0 Å². The molecule has 0 saturated heterocycles. The van der Waals surface area contributed by atoms with Crippen LogP contribution in [0.1, 0.15) is 6.92 Å². The predicted octanol–water partition coefficient (Wildman–Crippen LogP) is -0.450. The zero-order valence-corrected chi connectivity index (χ0v) is 7.60. The lowest BCUT2D eigenvalue weighted by Gasteiger charge is -2.10. The molecule has 0 fully saturated rings. The molecule has 0 aromatic heterocycles. The van der Waals surface area contributed by atoms with E-state index in [1.165, 1.54) is 6.92 Å². The molecule has 0 aromatic rings. The first-order chi connectivity index (χ1) is 6.86. The van der Waals surface area contributed by atoms with Gasteiger partial charge >= 0.3 is 11.9 Å². The molecule has 1 aliphatic rings. The van der Waals surface area contributed by atoms with Gasteiger partial charge in [0.2, 0.25) is 11.6 Å². The van der Waals surface area contributed by atoms with E-state index in [1.54, 1.807) is 0 Å². The monoisotopic (exact) mass is 210 g/mol. The number of carbonyl (C=O) groups excluding carboxylic acids is 2. The first-order valence-corrected chi connectivity index (χ1v) is 3.84. The van der Waals surface area contributed by atoms with Gasteiger partial charge in [-0.3, -0.25) is 9.59 Å². The highest BCUT2D eigenvalue weighted by atomic mass is 16.4. The van der Waals surface area contributed by atoms with Crippen LogP contribution in [0.3, 0.4) is 0 Å². The summed E-state index contributed by atoms with van der Waals surface area (Å²) in [6.45, 7) is 1.17. The van der Waals surface area contributed by atoms with Crippen LogP contribution in [-0.2, 0) is 19.2 Å². The number of aliphatic carboxylic acids is 2. The molecule has 0 spiro atoms. The number of ketones is 2. The average molecular weight is 210 g/mol. The molecule has 0 unspecified atom stereocenters. The summed E-state index contributed by atoms with van der Waals surface area (Å²) < 4.78 is 0. The fourth-order valence-corrected chi connectivity index (χ4v) is 1.11. The average Bonchev–Trinajstić information content (AvgIpc) is 2.13. The Labute approximate surface area is 83.5 Å². The summed E-state index contributed by atoms with van der Waals surface area (Å²) in [5, 5.41) is 17.2. The second-order valence-electron chi connectivity index (χ2n) is 2.87. The lowest BCUT2D eigenvalue weighted by atomic mass is 9.91. The second kappa shape index (κ2) is 3.49. The van der Waals surface area contributed by atoms with Crippen molar-refractivity contribution in [3.63, 3.8) is 0 Å². The van der Waals surface area contributed by atoms with Crippen LogP contribution in [0.4, 0.5) is 0 Å². The summed E-state index contributed by atoms with van der Waals surface area (Å²) in [6.07, 6.45) is 0.698. The molecule has 0 aliphatic heterocycles. The molecule has 0 heterocycles. The fourth-order valence-electron chi connectivity index (χ4n) is 1.11. The van der Waals surface area contributed by atoms with E-state index in [1.807, 2.05) is 0 Å². The van der Waals surface area contributed by atoms with E-state index in [0.717, 1.165) is 0 Å². The van der Waals surface area contributed by atoms with Crippen LogP contribution in [0.5, 0.6) is 0 Å². The number of carbonyl (C=O) groups is 4. The van der Waals surface area contributed by atoms with Crippen LogP contribution in [0, 0.1) is 0 Å². The highest BCUT2D eigenvalue weighted by Gasteiger charge is 2.33. The summed E-state index contributed by atoms with van der Waals surface area (Å²) in [4.78, 5) is 43.5. The Bertz CT molecular complexity index is 451. The Hall–Kier alpha value is -2.24. The van der Waals surface area contributed by atoms with Crippen LogP contribution in [0.2, 0.25) is 0 Å². The molecule has 6 nitrogen and oxygen atoms in total. The van der Waals surface area contributed by atoms with Gasteiger partial charge in [0.05, 0.1) is 5.57 Å². The molecule has 78 valence electrons. The molecule has 0 aromatic carbocycles. The number of Topliss-reactive ketones (excluding diaryl/α,β-unsaturated/α-hetero) is 2. The molecule has 1 aliphatic carbocycles. The summed E-state index contributed by atoms with van der Waals surface area (Å²) >= 11 is 0. The fraction of sp³-hybridized carbons (Fsp3) is 0.111. The molecule has 0 radical (unpaired) electrons. The van der Waals surface area contributed by atoms with Gasteiger partial charge in [-0.2, -0.15) is 0 Å². The first-order valence-electron chi connectivity index (χ1n) is 3.84. The Balaban J connectivity index is 3.41. The summed E-state index contributed by atoms with van der Waals surface area (Å²) in [6, 6.07) is 0. The van der Waals surface area contributed by atoms with Gasteiger partial charge < -0.3 is 10.2 Å². The minimum absolute atomic E-state index is 0.252. The third kappa shape index (κ3) is 1.69. The second-order valence-corrected chi connectivity index (χ2v) is 2.87. The number of hydrogen-bond acceptors (Lipinski definition) is 4. The zero-order chi connectivity index (χ0) is 11.7. The molecular formula is C9H6O6. The van der Waals surface area contributed by atoms with E-state index in [2.05, 4.69) is 0 Å². The quantitative estimate of drug-likeness (QED) is 0.363. The molecule has 0 saturated carbocycles. The number of hydrogen-bond donors (Lipinski definition) is 2. The minimum atomic E-state index is -1.61. The van der Waals surface area contributed by atoms with E-state index in [-0.39, 0.29) is 5.57 Å². The Morgan fingerprint density at radius 1 is 1.07 bits per heavy atom. The van der Waals surface area contributed by atoms with Gasteiger partial charge in [-0.15, -0.1) is 0 Å². The molecule has 2 N–H and O–H groups in total. The minimum Gasteiger partial charge on any atom is -0.478 e. The molecule has 1 rings (SSSR count). The largest absolute Gasteiger partial charge is 0.478 e. The van der Waals surface area contributed by atoms with Crippen molar-refractivity contribution in [2.24, 2.45) is 0 Å². The van der Waals surface area contributed by atoms with E-state index in [0.29, 0.717) is 6.08 Å². The van der Waals surface area contributed by atoms with Gasteiger partial charge in [0, 0.05) is 5.57 Å². The van der Waals surface area contributed by atoms with Gasteiger partial charge in [0.1, 0.15) is 5.57 Å². The summed E-state index contributed by atoms with van der Waals surface area (Å²) in [5.74, 6) is -5.33. The summed E-state index contributed by atoms with van der Waals surface area (Å²) in [7, 11) is 0. The number of rotatable bonds is 2. The van der Waals surface area contributed by atoms with Gasteiger partial charge in [-0.1, -0.05) is 0 Å². The van der Waals surface area contributed by atoms with Crippen LogP contribution in [0.15, 0.2) is 22.8 Å². The maximum absolute atomic E-state index is 11.2. The van der Waals surface area contributed by atoms with Crippen molar-refractivity contribution in [3.05, 3.63) is 22.8 Å². The SMILES string of the molecule is CC1=C(C(=O)O)C=C(C(=O)O)C(=O)C1=O. The van der Waals surface area contributed by atoms with E-state index >= 15 is 0 Å². The van der Waals surface area contributed by atoms with E-state index in [4.69, 9.17) is 10.2 Å². The maximum Gasteiger partial charge on any atom is 0.339 e. The molecule has 0 amide bonds. The summed E-state index contributed by atoms with van der Waals surface area (Å²) in [5.41, 5.74) is -1.53. The van der Waals surface area contributed by atoms with Crippen LogP contribution in [-0.4, -0.2) is 33.7 Å². The molecule has 0 bridgehead atoms. The zero-order valence-electron chi connectivity index (χ0n) is 7.60. The van der Waals surface area contributed by atoms with Crippen LogP contribution < -0.4 is 0 Å². The van der Waals surface area contributed by atoms with Gasteiger partial charge in [0.15, 0.2) is 0 Å². The number of carboxylic acid groups (broad SMARTS) is 2. The van der Waals surface area contributed by atoms with Gasteiger partial charge in [-0.05, 0) is 13.0 Å². The maximum atomic E-state index is 11.2. The predicted molar refractivity (Wildman–Crippen MR) is 46.1 cm³/mol.